The van der Waals surface area contributed by atoms with Crippen molar-refractivity contribution in [3.8, 4) is 0 Å². The van der Waals surface area contributed by atoms with E-state index >= 15 is 0 Å². The Hall–Kier alpha value is -0.0800. The highest BCUT2D eigenvalue weighted by Crippen LogP contribution is 2.21. The van der Waals surface area contributed by atoms with Crippen molar-refractivity contribution in [1.82, 2.24) is 10.2 Å². The zero-order valence-electron chi connectivity index (χ0n) is 12.7. The molecule has 2 heteroatoms. The van der Waals surface area contributed by atoms with Crippen LogP contribution in [0.25, 0.3) is 0 Å². The maximum atomic E-state index is 3.88. The van der Waals surface area contributed by atoms with Crippen molar-refractivity contribution in [3.05, 3.63) is 0 Å². The summed E-state index contributed by atoms with van der Waals surface area (Å²) in [6.45, 7) is 16.4. The van der Waals surface area contributed by atoms with Gasteiger partial charge in [-0.15, -0.1) is 0 Å². The summed E-state index contributed by atoms with van der Waals surface area (Å²) >= 11 is 0. The van der Waals surface area contributed by atoms with Gasteiger partial charge in [0, 0.05) is 30.7 Å². The second kappa shape index (κ2) is 6.19. The van der Waals surface area contributed by atoms with Gasteiger partial charge in [0.15, 0.2) is 0 Å². The van der Waals surface area contributed by atoms with Crippen molar-refractivity contribution in [2.45, 2.75) is 78.4 Å². The molecule has 2 nitrogen and oxygen atoms in total. The van der Waals surface area contributed by atoms with Crippen LogP contribution in [0.3, 0.4) is 0 Å². The molecule has 0 spiro atoms. The molecule has 1 aliphatic rings. The smallest absolute Gasteiger partial charge is 0.0220 e. The van der Waals surface area contributed by atoms with Crippen molar-refractivity contribution in [2.75, 3.05) is 13.1 Å². The molecule has 0 radical (unpaired) electrons. The molecule has 17 heavy (non-hydrogen) atoms. The lowest BCUT2D eigenvalue weighted by Crippen LogP contribution is -2.49. The van der Waals surface area contributed by atoms with Crippen molar-refractivity contribution in [1.29, 1.82) is 0 Å². The highest BCUT2D eigenvalue weighted by Gasteiger charge is 2.30. The topological polar surface area (TPSA) is 15.3 Å². The van der Waals surface area contributed by atoms with Crippen LogP contribution in [0.2, 0.25) is 0 Å². The summed E-state index contributed by atoms with van der Waals surface area (Å²) in [6.07, 6.45) is 3.91. The standard InChI is InChI=1S/C15H32N2/c1-7-8-13-9-10-17(15(4,5)6)11-14(16-13)12(2)3/h12-14,16H,7-11H2,1-6H3. The molecule has 0 amide bonds. The zero-order chi connectivity index (χ0) is 13.1. The molecule has 1 heterocycles. The summed E-state index contributed by atoms with van der Waals surface area (Å²) in [6, 6.07) is 1.37. The summed E-state index contributed by atoms with van der Waals surface area (Å²) in [5, 5.41) is 3.88. The van der Waals surface area contributed by atoms with E-state index in [1.165, 1.54) is 32.4 Å². The largest absolute Gasteiger partial charge is 0.310 e. The van der Waals surface area contributed by atoms with Crippen LogP contribution < -0.4 is 5.32 Å². The maximum absolute atomic E-state index is 3.88. The van der Waals surface area contributed by atoms with E-state index < -0.39 is 0 Å². The summed E-state index contributed by atoms with van der Waals surface area (Å²) in [7, 11) is 0. The van der Waals surface area contributed by atoms with Crippen molar-refractivity contribution in [3.63, 3.8) is 0 Å². The van der Waals surface area contributed by atoms with Gasteiger partial charge in [-0.05, 0) is 39.5 Å². The lowest BCUT2D eigenvalue weighted by molar-refractivity contribution is 0.126. The molecular weight excluding hydrogens is 208 g/mol. The Balaban J connectivity index is 2.70. The van der Waals surface area contributed by atoms with Crippen LogP contribution in [-0.2, 0) is 0 Å². The molecule has 0 aromatic heterocycles. The fraction of sp³-hybridized carbons (Fsp3) is 1.00. The third kappa shape index (κ3) is 4.59. The Labute approximate surface area is 108 Å². The van der Waals surface area contributed by atoms with Crippen LogP contribution >= 0.6 is 0 Å². The fourth-order valence-electron chi connectivity index (χ4n) is 2.67. The van der Waals surface area contributed by atoms with Gasteiger partial charge in [-0.2, -0.15) is 0 Å². The molecule has 1 fully saturated rings. The molecule has 0 aromatic rings. The van der Waals surface area contributed by atoms with Gasteiger partial charge in [0.1, 0.15) is 0 Å². The number of hydrogen-bond acceptors (Lipinski definition) is 2. The van der Waals surface area contributed by atoms with Gasteiger partial charge < -0.3 is 5.32 Å². The van der Waals surface area contributed by atoms with E-state index in [-0.39, 0.29) is 0 Å². The van der Waals surface area contributed by atoms with Gasteiger partial charge in [-0.3, -0.25) is 4.90 Å². The lowest BCUT2D eigenvalue weighted by Gasteiger charge is -2.37. The van der Waals surface area contributed by atoms with E-state index in [0.29, 0.717) is 11.6 Å². The zero-order valence-corrected chi connectivity index (χ0v) is 12.7. The average Bonchev–Trinajstić information content (AvgIpc) is 2.40. The first-order valence-corrected chi connectivity index (χ1v) is 7.35. The molecule has 1 N–H and O–H groups in total. The minimum atomic E-state index is 0.302. The SMILES string of the molecule is CCCC1CCN(C(C)(C)C)CC(C(C)C)N1. The Bertz CT molecular complexity index is 217. The third-order valence-electron chi connectivity index (χ3n) is 4.00. The molecule has 0 bridgehead atoms. The lowest BCUT2D eigenvalue weighted by atomic mass is 10.00. The predicted octanol–water partition coefficient (Wildman–Crippen LogP) is 3.27. The maximum Gasteiger partial charge on any atom is 0.0220 e. The first-order valence-electron chi connectivity index (χ1n) is 7.35. The van der Waals surface area contributed by atoms with Crippen LogP contribution in [0.1, 0.15) is 60.8 Å². The van der Waals surface area contributed by atoms with Gasteiger partial charge in [-0.25, -0.2) is 0 Å². The Kier molecular flexibility index (Phi) is 5.46. The number of rotatable bonds is 3. The second-order valence-electron chi connectivity index (χ2n) is 6.91. The summed E-state index contributed by atoms with van der Waals surface area (Å²) in [5.74, 6) is 0.720. The highest BCUT2D eigenvalue weighted by atomic mass is 15.2. The van der Waals surface area contributed by atoms with E-state index in [1.807, 2.05) is 0 Å². The molecule has 2 unspecified atom stereocenters. The molecule has 0 aliphatic carbocycles. The van der Waals surface area contributed by atoms with E-state index in [9.17, 15) is 0 Å². The minimum absolute atomic E-state index is 0.302. The fourth-order valence-corrected chi connectivity index (χ4v) is 2.67. The highest BCUT2D eigenvalue weighted by molar-refractivity contribution is 4.88. The van der Waals surface area contributed by atoms with E-state index in [0.717, 1.165) is 12.0 Å². The molecular formula is C15H32N2. The van der Waals surface area contributed by atoms with E-state index in [2.05, 4.69) is 51.8 Å². The summed E-state index contributed by atoms with van der Waals surface area (Å²) in [5.41, 5.74) is 0.302. The van der Waals surface area contributed by atoms with Crippen LogP contribution in [0.15, 0.2) is 0 Å². The summed E-state index contributed by atoms with van der Waals surface area (Å²) < 4.78 is 0. The average molecular weight is 240 g/mol. The second-order valence-corrected chi connectivity index (χ2v) is 6.91. The van der Waals surface area contributed by atoms with Crippen molar-refractivity contribution in [2.24, 2.45) is 5.92 Å². The van der Waals surface area contributed by atoms with Crippen molar-refractivity contribution >= 4 is 0 Å². The molecule has 2 atom stereocenters. The first-order chi connectivity index (χ1) is 7.84. The predicted molar refractivity (Wildman–Crippen MR) is 76.4 cm³/mol. The molecule has 1 rings (SSSR count). The van der Waals surface area contributed by atoms with Gasteiger partial charge in [0.2, 0.25) is 0 Å². The van der Waals surface area contributed by atoms with Gasteiger partial charge in [-0.1, -0.05) is 27.2 Å². The Morgan fingerprint density at radius 1 is 1.29 bits per heavy atom. The van der Waals surface area contributed by atoms with Gasteiger partial charge in [0.05, 0.1) is 0 Å². The normalized spacial score (nSPS) is 28.4. The van der Waals surface area contributed by atoms with Gasteiger partial charge in [0.25, 0.3) is 0 Å². The van der Waals surface area contributed by atoms with Gasteiger partial charge >= 0.3 is 0 Å². The molecule has 1 aliphatic heterocycles. The van der Waals surface area contributed by atoms with Crippen LogP contribution in [0.4, 0.5) is 0 Å². The molecule has 1 saturated heterocycles. The van der Waals surface area contributed by atoms with Crippen LogP contribution in [0.5, 0.6) is 0 Å². The van der Waals surface area contributed by atoms with Crippen LogP contribution in [-0.4, -0.2) is 35.6 Å². The number of nitrogens with one attached hydrogen (secondary N) is 1. The monoisotopic (exact) mass is 240 g/mol. The Morgan fingerprint density at radius 3 is 2.41 bits per heavy atom. The molecule has 0 aromatic carbocycles. The third-order valence-corrected chi connectivity index (χ3v) is 4.00. The molecule has 0 saturated carbocycles. The summed E-state index contributed by atoms with van der Waals surface area (Å²) in [4.78, 5) is 2.65. The quantitative estimate of drug-likeness (QED) is 0.814. The number of hydrogen-bond donors (Lipinski definition) is 1. The van der Waals surface area contributed by atoms with Crippen LogP contribution in [0, 0.1) is 5.92 Å². The number of nitrogens with zero attached hydrogens (tertiary/aromatic N) is 1. The first kappa shape index (κ1) is 15.0. The molecule has 102 valence electrons. The van der Waals surface area contributed by atoms with E-state index in [4.69, 9.17) is 0 Å². The van der Waals surface area contributed by atoms with Crippen molar-refractivity contribution < 1.29 is 0 Å². The van der Waals surface area contributed by atoms with E-state index in [1.54, 1.807) is 0 Å². The Morgan fingerprint density at radius 2 is 1.94 bits per heavy atom. The minimum Gasteiger partial charge on any atom is -0.310 e.